The van der Waals surface area contributed by atoms with E-state index in [1.54, 1.807) is 0 Å². The first-order valence-corrected chi connectivity index (χ1v) is 6.21. The van der Waals surface area contributed by atoms with Gasteiger partial charge in [0.05, 0.1) is 12.9 Å². The molecular weight excluding hydrogens is 258 g/mol. The van der Waals surface area contributed by atoms with E-state index in [0.717, 1.165) is 17.0 Å². The Balaban J connectivity index is 2.30. The zero-order valence-corrected chi connectivity index (χ0v) is 11.1. The normalized spacial score (nSPS) is 10.3. The van der Waals surface area contributed by atoms with Crippen LogP contribution in [0.1, 0.15) is 12.5 Å². The van der Waals surface area contributed by atoms with Gasteiger partial charge in [-0.2, -0.15) is 0 Å². The van der Waals surface area contributed by atoms with Gasteiger partial charge in [0, 0.05) is 17.8 Å². The maximum atomic E-state index is 11.4. The topological polar surface area (TPSA) is 119 Å². The quantitative estimate of drug-likeness (QED) is 0.645. The van der Waals surface area contributed by atoms with Crippen molar-refractivity contribution in [2.75, 3.05) is 17.7 Å². The number of aromatic nitrogens is 2. The number of rotatable bonds is 5. The van der Waals surface area contributed by atoms with Crippen LogP contribution in [-0.2, 0) is 6.54 Å². The summed E-state index contributed by atoms with van der Waals surface area (Å²) in [6, 6.07) is 5.47. The minimum Gasteiger partial charge on any atom is -0.494 e. The van der Waals surface area contributed by atoms with Gasteiger partial charge in [0.15, 0.2) is 5.82 Å². The second kappa shape index (κ2) is 6.07. The molecule has 6 N–H and O–H groups in total. The molecule has 0 aliphatic rings. The van der Waals surface area contributed by atoms with E-state index in [1.165, 1.54) is 6.33 Å². The zero-order chi connectivity index (χ0) is 14.5. The zero-order valence-electron chi connectivity index (χ0n) is 11.1. The van der Waals surface area contributed by atoms with Crippen LogP contribution in [0.5, 0.6) is 5.75 Å². The summed E-state index contributed by atoms with van der Waals surface area (Å²) in [5.74, 6) is 1.05. The van der Waals surface area contributed by atoms with Gasteiger partial charge in [-0.1, -0.05) is 0 Å². The molecule has 7 heteroatoms. The number of nitrogens with zero attached hydrogens (tertiary/aromatic N) is 1. The van der Waals surface area contributed by atoms with Gasteiger partial charge in [0.2, 0.25) is 0 Å². The summed E-state index contributed by atoms with van der Waals surface area (Å²) < 4.78 is 5.47. The molecule has 0 aliphatic heterocycles. The van der Waals surface area contributed by atoms with Crippen LogP contribution in [0.25, 0.3) is 0 Å². The van der Waals surface area contributed by atoms with Crippen LogP contribution in [0.2, 0.25) is 0 Å². The number of hydrogen-bond acceptors (Lipinski definition) is 6. The number of nitrogen functional groups attached to an aromatic ring is 1. The van der Waals surface area contributed by atoms with Crippen molar-refractivity contribution in [1.29, 1.82) is 0 Å². The van der Waals surface area contributed by atoms with Gasteiger partial charge >= 0.3 is 0 Å². The van der Waals surface area contributed by atoms with E-state index in [0.29, 0.717) is 19.0 Å². The Bertz CT molecular complexity index is 653. The first-order valence-electron chi connectivity index (χ1n) is 6.21. The summed E-state index contributed by atoms with van der Waals surface area (Å²) in [5.41, 5.74) is 12.6. The van der Waals surface area contributed by atoms with Crippen molar-refractivity contribution in [2.24, 2.45) is 5.73 Å². The third-order valence-corrected chi connectivity index (χ3v) is 2.73. The van der Waals surface area contributed by atoms with Crippen LogP contribution < -0.4 is 27.1 Å². The number of aromatic amines is 1. The van der Waals surface area contributed by atoms with Gasteiger partial charge in [-0.25, -0.2) is 4.98 Å². The van der Waals surface area contributed by atoms with Crippen molar-refractivity contribution in [3.63, 3.8) is 0 Å². The number of hydrogen-bond donors (Lipinski definition) is 4. The fourth-order valence-electron chi connectivity index (χ4n) is 1.76. The molecule has 0 saturated carbocycles. The summed E-state index contributed by atoms with van der Waals surface area (Å²) in [4.78, 5) is 17.8. The molecule has 0 unspecified atom stereocenters. The molecule has 1 aromatic carbocycles. The molecule has 0 radical (unpaired) electrons. The predicted octanol–water partition coefficient (Wildman–Crippen LogP) is 0.953. The molecular formula is C13H17N5O2. The highest BCUT2D eigenvalue weighted by Gasteiger charge is 2.07. The van der Waals surface area contributed by atoms with Gasteiger partial charge in [-0.05, 0) is 25.1 Å². The molecule has 2 rings (SSSR count). The van der Waals surface area contributed by atoms with Crippen molar-refractivity contribution in [3.05, 3.63) is 40.4 Å². The number of benzene rings is 1. The van der Waals surface area contributed by atoms with E-state index >= 15 is 0 Å². The van der Waals surface area contributed by atoms with E-state index in [1.807, 2.05) is 25.1 Å². The van der Waals surface area contributed by atoms with Gasteiger partial charge in [-0.3, -0.25) is 4.79 Å². The lowest BCUT2D eigenvalue weighted by Crippen LogP contribution is -2.14. The smallest absolute Gasteiger partial charge is 0.276 e. The SMILES string of the molecule is CCOc1ccc(Nc2nc[nH]c(=O)c2N)cc1CN. The van der Waals surface area contributed by atoms with Crippen molar-refractivity contribution in [3.8, 4) is 5.75 Å². The molecule has 1 aromatic heterocycles. The first kappa shape index (κ1) is 13.9. The second-order valence-corrected chi connectivity index (χ2v) is 4.08. The third-order valence-electron chi connectivity index (χ3n) is 2.73. The fraction of sp³-hybridized carbons (Fsp3) is 0.231. The van der Waals surface area contributed by atoms with Crippen molar-refractivity contribution in [1.82, 2.24) is 9.97 Å². The van der Waals surface area contributed by atoms with E-state index < -0.39 is 0 Å². The Morgan fingerprint density at radius 2 is 2.25 bits per heavy atom. The van der Waals surface area contributed by atoms with Crippen LogP contribution in [-0.4, -0.2) is 16.6 Å². The molecule has 0 aliphatic carbocycles. The minimum atomic E-state index is -0.382. The first-order chi connectivity index (χ1) is 9.65. The van der Waals surface area contributed by atoms with Crippen LogP contribution in [0, 0.1) is 0 Å². The molecule has 0 bridgehead atoms. The lowest BCUT2D eigenvalue weighted by molar-refractivity contribution is 0.336. The summed E-state index contributed by atoms with van der Waals surface area (Å²) in [5, 5.41) is 2.99. The maximum Gasteiger partial charge on any atom is 0.276 e. The van der Waals surface area contributed by atoms with E-state index in [9.17, 15) is 4.79 Å². The highest BCUT2D eigenvalue weighted by Crippen LogP contribution is 2.25. The average molecular weight is 275 g/mol. The van der Waals surface area contributed by atoms with Gasteiger partial charge in [0.25, 0.3) is 5.56 Å². The molecule has 106 valence electrons. The Hall–Kier alpha value is -2.54. The van der Waals surface area contributed by atoms with Crippen LogP contribution in [0.15, 0.2) is 29.3 Å². The van der Waals surface area contributed by atoms with Gasteiger partial charge < -0.3 is 26.5 Å². The maximum absolute atomic E-state index is 11.4. The predicted molar refractivity (Wildman–Crippen MR) is 78.1 cm³/mol. The van der Waals surface area contributed by atoms with Crippen LogP contribution >= 0.6 is 0 Å². The molecule has 2 aromatic rings. The summed E-state index contributed by atoms with van der Waals surface area (Å²) >= 11 is 0. The van der Waals surface area contributed by atoms with Crippen molar-refractivity contribution in [2.45, 2.75) is 13.5 Å². The summed E-state index contributed by atoms with van der Waals surface area (Å²) in [6.45, 7) is 2.83. The second-order valence-electron chi connectivity index (χ2n) is 4.08. The summed E-state index contributed by atoms with van der Waals surface area (Å²) in [7, 11) is 0. The monoisotopic (exact) mass is 275 g/mol. The number of anilines is 3. The van der Waals surface area contributed by atoms with Crippen LogP contribution in [0.4, 0.5) is 17.2 Å². The number of nitrogens with one attached hydrogen (secondary N) is 2. The summed E-state index contributed by atoms with van der Waals surface area (Å²) in [6.07, 6.45) is 1.29. The van der Waals surface area contributed by atoms with E-state index in [4.69, 9.17) is 16.2 Å². The lowest BCUT2D eigenvalue weighted by Gasteiger charge is -2.12. The molecule has 7 nitrogen and oxygen atoms in total. The largest absolute Gasteiger partial charge is 0.494 e. The van der Waals surface area contributed by atoms with Gasteiger partial charge in [0.1, 0.15) is 11.4 Å². The highest BCUT2D eigenvalue weighted by molar-refractivity contribution is 5.68. The molecule has 1 heterocycles. The van der Waals surface area contributed by atoms with E-state index in [-0.39, 0.29) is 11.2 Å². The number of ether oxygens (including phenoxy) is 1. The lowest BCUT2D eigenvalue weighted by atomic mass is 10.1. The molecule has 0 spiro atoms. The molecule has 0 amide bonds. The highest BCUT2D eigenvalue weighted by atomic mass is 16.5. The Labute approximate surface area is 116 Å². The van der Waals surface area contributed by atoms with Crippen LogP contribution in [0.3, 0.4) is 0 Å². The van der Waals surface area contributed by atoms with Gasteiger partial charge in [-0.15, -0.1) is 0 Å². The Morgan fingerprint density at radius 3 is 2.95 bits per heavy atom. The average Bonchev–Trinajstić information content (AvgIpc) is 2.45. The van der Waals surface area contributed by atoms with Crippen molar-refractivity contribution >= 4 is 17.2 Å². The molecule has 0 saturated heterocycles. The fourth-order valence-corrected chi connectivity index (χ4v) is 1.76. The van der Waals surface area contributed by atoms with E-state index in [2.05, 4.69) is 15.3 Å². The molecule has 0 atom stereocenters. The minimum absolute atomic E-state index is 0.0377. The Morgan fingerprint density at radius 1 is 1.45 bits per heavy atom. The standard InChI is InChI=1S/C13H17N5O2/c1-2-20-10-4-3-9(5-8(10)6-14)18-12-11(15)13(19)17-7-16-12/h3-5,7H,2,6,14-15H2,1H3,(H2,16,17,18,19). The third kappa shape index (κ3) is 2.89. The number of H-pyrrole nitrogens is 1. The van der Waals surface area contributed by atoms with Crippen molar-refractivity contribution < 1.29 is 4.74 Å². The molecule has 0 fully saturated rings. The Kier molecular flexibility index (Phi) is 4.21. The number of nitrogens with two attached hydrogens (primary N) is 2. The molecule has 20 heavy (non-hydrogen) atoms.